The van der Waals surface area contributed by atoms with Crippen LogP contribution in [0.5, 0.6) is 0 Å². The van der Waals surface area contributed by atoms with Gasteiger partial charge in [0.25, 0.3) is 5.91 Å². The molecule has 1 aromatic heterocycles. The average molecular weight is 446 g/mol. The Morgan fingerprint density at radius 1 is 1.15 bits per heavy atom. The molecule has 1 aliphatic rings. The smallest absolute Gasteiger partial charge is 0.252 e. The minimum Gasteiger partial charge on any atom is -0.356 e. The summed E-state index contributed by atoms with van der Waals surface area (Å²) < 4.78 is 0.811. The van der Waals surface area contributed by atoms with Crippen molar-refractivity contribution in [2.24, 2.45) is 0 Å². The maximum atomic E-state index is 12.5. The minimum atomic E-state index is -0.0388. The Balaban J connectivity index is 1.44. The molecule has 0 bridgehead atoms. The van der Waals surface area contributed by atoms with Crippen molar-refractivity contribution in [2.75, 3.05) is 18.0 Å². The van der Waals surface area contributed by atoms with Crippen LogP contribution >= 0.6 is 27.5 Å². The topological polar surface area (TPSA) is 58.1 Å². The summed E-state index contributed by atoms with van der Waals surface area (Å²) in [7, 11) is 0. The van der Waals surface area contributed by atoms with Gasteiger partial charge in [-0.3, -0.25) is 4.79 Å². The Bertz CT molecular complexity index is 989. The van der Waals surface area contributed by atoms with Gasteiger partial charge in [-0.05, 0) is 59.1 Å². The second-order valence-corrected chi connectivity index (χ2v) is 7.86. The zero-order valence-electron chi connectivity index (χ0n) is 14.5. The van der Waals surface area contributed by atoms with Crippen LogP contribution in [-0.2, 0) is 0 Å². The molecule has 2 heterocycles. The molecule has 27 heavy (non-hydrogen) atoms. The van der Waals surface area contributed by atoms with Crippen molar-refractivity contribution in [3.05, 3.63) is 63.9 Å². The largest absolute Gasteiger partial charge is 0.356 e. The number of nitrogens with zero attached hydrogens (tertiary/aromatic N) is 3. The van der Waals surface area contributed by atoms with Crippen molar-refractivity contribution in [3.63, 3.8) is 0 Å². The van der Waals surface area contributed by atoms with Gasteiger partial charge in [0, 0.05) is 34.0 Å². The van der Waals surface area contributed by atoms with E-state index in [4.69, 9.17) is 11.6 Å². The lowest BCUT2D eigenvalue weighted by molar-refractivity contribution is 0.0930. The van der Waals surface area contributed by atoms with E-state index in [1.54, 1.807) is 6.33 Å². The van der Waals surface area contributed by atoms with E-state index in [-0.39, 0.29) is 11.9 Å². The van der Waals surface area contributed by atoms with Crippen LogP contribution in [-0.4, -0.2) is 35.0 Å². The van der Waals surface area contributed by atoms with Gasteiger partial charge in [-0.15, -0.1) is 0 Å². The summed E-state index contributed by atoms with van der Waals surface area (Å²) in [4.78, 5) is 23.5. The summed E-state index contributed by atoms with van der Waals surface area (Å²) in [5.41, 5.74) is 1.51. The number of halogens is 2. The second-order valence-electron chi connectivity index (χ2n) is 6.57. The molecule has 0 unspecified atom stereocenters. The summed E-state index contributed by atoms with van der Waals surface area (Å²) >= 11 is 9.51. The highest BCUT2D eigenvalue weighted by molar-refractivity contribution is 9.10. The third-order valence-electron chi connectivity index (χ3n) is 4.83. The van der Waals surface area contributed by atoms with E-state index in [1.807, 2.05) is 42.5 Å². The van der Waals surface area contributed by atoms with Crippen molar-refractivity contribution in [1.82, 2.24) is 15.3 Å². The van der Waals surface area contributed by atoms with Crippen LogP contribution in [0.25, 0.3) is 10.9 Å². The number of benzene rings is 2. The van der Waals surface area contributed by atoms with Crippen LogP contribution in [0.15, 0.2) is 53.3 Å². The Labute approximate surface area is 170 Å². The van der Waals surface area contributed by atoms with E-state index >= 15 is 0 Å². The maximum absolute atomic E-state index is 12.5. The molecule has 138 valence electrons. The van der Waals surface area contributed by atoms with Crippen molar-refractivity contribution in [2.45, 2.75) is 18.9 Å². The summed E-state index contributed by atoms with van der Waals surface area (Å²) in [6.45, 7) is 1.66. The molecule has 5 nitrogen and oxygen atoms in total. The fraction of sp³-hybridized carbons (Fsp3) is 0.250. The zero-order chi connectivity index (χ0) is 18.8. The van der Waals surface area contributed by atoms with Crippen LogP contribution < -0.4 is 10.2 Å². The number of amides is 1. The fourth-order valence-electron chi connectivity index (χ4n) is 3.41. The predicted molar refractivity (Wildman–Crippen MR) is 111 cm³/mol. The van der Waals surface area contributed by atoms with Crippen molar-refractivity contribution in [3.8, 4) is 0 Å². The third-order valence-corrected chi connectivity index (χ3v) is 5.75. The average Bonchev–Trinajstić information content (AvgIpc) is 2.68. The third kappa shape index (κ3) is 3.92. The Hall–Kier alpha value is -2.18. The van der Waals surface area contributed by atoms with Crippen molar-refractivity contribution in [1.29, 1.82) is 0 Å². The molecular formula is C20H18BrClN4O. The van der Waals surface area contributed by atoms with E-state index in [2.05, 4.69) is 36.1 Å². The molecule has 1 aliphatic heterocycles. The summed E-state index contributed by atoms with van der Waals surface area (Å²) in [6.07, 6.45) is 3.32. The van der Waals surface area contributed by atoms with E-state index in [9.17, 15) is 4.79 Å². The highest BCUT2D eigenvalue weighted by Crippen LogP contribution is 2.27. The monoisotopic (exact) mass is 444 g/mol. The van der Waals surface area contributed by atoms with Crippen LogP contribution in [0.3, 0.4) is 0 Å². The first-order chi connectivity index (χ1) is 13.1. The molecule has 0 atom stereocenters. The van der Waals surface area contributed by atoms with Gasteiger partial charge in [-0.2, -0.15) is 0 Å². The van der Waals surface area contributed by atoms with Gasteiger partial charge < -0.3 is 10.2 Å². The molecule has 1 saturated heterocycles. The number of fused-ring (bicyclic) bond motifs is 1. The number of carbonyl (C=O) groups is 1. The summed E-state index contributed by atoms with van der Waals surface area (Å²) in [5.74, 6) is 0.885. The number of rotatable bonds is 3. The SMILES string of the molecule is O=C(NC1CCN(c2ncnc3cc(Cl)ccc23)CC1)c1ccccc1Br. The Kier molecular flexibility index (Phi) is 5.27. The van der Waals surface area contributed by atoms with Crippen molar-refractivity contribution < 1.29 is 4.79 Å². The van der Waals surface area contributed by atoms with Gasteiger partial charge >= 0.3 is 0 Å². The molecule has 1 amide bonds. The molecule has 7 heteroatoms. The van der Waals surface area contributed by atoms with E-state index < -0.39 is 0 Å². The van der Waals surface area contributed by atoms with E-state index in [0.29, 0.717) is 10.6 Å². The highest BCUT2D eigenvalue weighted by atomic mass is 79.9. The van der Waals surface area contributed by atoms with Crippen LogP contribution in [0.1, 0.15) is 23.2 Å². The highest BCUT2D eigenvalue weighted by Gasteiger charge is 2.23. The Morgan fingerprint density at radius 2 is 1.93 bits per heavy atom. The normalized spacial score (nSPS) is 15.1. The molecule has 0 saturated carbocycles. The fourth-order valence-corrected chi connectivity index (χ4v) is 4.04. The molecule has 1 fully saturated rings. The number of nitrogens with one attached hydrogen (secondary N) is 1. The molecular weight excluding hydrogens is 428 g/mol. The number of aromatic nitrogens is 2. The molecule has 1 N–H and O–H groups in total. The first kappa shape index (κ1) is 18.2. The predicted octanol–water partition coefficient (Wildman–Crippen LogP) is 4.44. The number of piperidine rings is 1. The number of hydrogen-bond donors (Lipinski definition) is 1. The van der Waals surface area contributed by atoms with E-state index in [1.165, 1.54) is 0 Å². The van der Waals surface area contributed by atoms with Gasteiger partial charge in [0.05, 0.1) is 11.1 Å². The quantitative estimate of drug-likeness (QED) is 0.647. The first-order valence-electron chi connectivity index (χ1n) is 8.82. The van der Waals surface area contributed by atoms with Crippen LogP contribution in [0, 0.1) is 0 Å². The van der Waals surface area contributed by atoms with Gasteiger partial charge in [-0.25, -0.2) is 9.97 Å². The maximum Gasteiger partial charge on any atom is 0.252 e. The first-order valence-corrected chi connectivity index (χ1v) is 9.99. The molecule has 0 spiro atoms. The molecule has 0 aliphatic carbocycles. The zero-order valence-corrected chi connectivity index (χ0v) is 16.9. The van der Waals surface area contributed by atoms with Crippen LogP contribution in [0.4, 0.5) is 5.82 Å². The van der Waals surface area contributed by atoms with Gasteiger partial charge in [0.2, 0.25) is 0 Å². The minimum absolute atomic E-state index is 0.0388. The number of hydrogen-bond acceptors (Lipinski definition) is 4. The standard InChI is InChI=1S/C20H18BrClN4O/c21-17-4-2-1-3-15(17)20(27)25-14-7-9-26(10-8-14)19-16-6-5-13(22)11-18(16)23-12-24-19/h1-6,11-12,14H,7-10H2,(H,25,27). The van der Waals surface area contributed by atoms with Gasteiger partial charge in [0.15, 0.2) is 0 Å². The van der Waals surface area contributed by atoms with Gasteiger partial charge in [0.1, 0.15) is 12.1 Å². The molecule has 2 aromatic carbocycles. The molecule has 0 radical (unpaired) electrons. The number of anilines is 1. The summed E-state index contributed by atoms with van der Waals surface area (Å²) in [6, 6.07) is 13.3. The van der Waals surface area contributed by atoms with Gasteiger partial charge in [-0.1, -0.05) is 23.7 Å². The van der Waals surface area contributed by atoms with E-state index in [0.717, 1.165) is 47.1 Å². The van der Waals surface area contributed by atoms with Crippen LogP contribution in [0.2, 0.25) is 5.02 Å². The number of carbonyl (C=O) groups excluding carboxylic acids is 1. The lowest BCUT2D eigenvalue weighted by Gasteiger charge is -2.33. The summed E-state index contributed by atoms with van der Waals surface area (Å²) in [5, 5.41) is 4.81. The lowest BCUT2D eigenvalue weighted by atomic mass is 10.0. The second kappa shape index (κ2) is 7.82. The lowest BCUT2D eigenvalue weighted by Crippen LogP contribution is -2.45. The van der Waals surface area contributed by atoms with Crippen molar-refractivity contribution >= 4 is 50.2 Å². The Morgan fingerprint density at radius 3 is 2.70 bits per heavy atom. The molecule has 3 aromatic rings. The molecule has 4 rings (SSSR count).